The number of hydrogen-bond donors (Lipinski definition) is 1. The van der Waals surface area contributed by atoms with Gasteiger partial charge in [0.15, 0.2) is 0 Å². The molecule has 0 aromatic heterocycles. The van der Waals surface area contributed by atoms with Gasteiger partial charge >= 0.3 is 5.97 Å². The van der Waals surface area contributed by atoms with Crippen molar-refractivity contribution < 1.29 is 14.6 Å². The van der Waals surface area contributed by atoms with Crippen molar-refractivity contribution in [2.24, 2.45) is 0 Å². The summed E-state index contributed by atoms with van der Waals surface area (Å²) >= 11 is 0. The second-order valence-corrected chi connectivity index (χ2v) is 3.75. The largest absolute Gasteiger partial charge is 0.478 e. The Kier molecular flexibility index (Phi) is 3.26. The maximum Gasteiger partial charge on any atom is 0.337 e. The van der Waals surface area contributed by atoms with Crippen LogP contribution in [0.5, 0.6) is 0 Å². The van der Waals surface area contributed by atoms with Gasteiger partial charge in [0, 0.05) is 13.1 Å². The lowest BCUT2D eigenvalue weighted by Crippen LogP contribution is -2.37. The molecule has 88 valence electrons. The Morgan fingerprint density at radius 1 is 1.41 bits per heavy atom. The van der Waals surface area contributed by atoms with E-state index in [4.69, 9.17) is 15.1 Å². The summed E-state index contributed by atoms with van der Waals surface area (Å²) in [5.74, 6) is -1.01. The van der Waals surface area contributed by atoms with Crippen molar-refractivity contribution in [1.82, 2.24) is 0 Å². The fraction of sp³-hybridized carbons (Fsp3) is 0.333. The van der Waals surface area contributed by atoms with E-state index in [-0.39, 0.29) is 5.56 Å². The summed E-state index contributed by atoms with van der Waals surface area (Å²) in [4.78, 5) is 13.1. The number of aromatic carboxylic acids is 1. The second-order valence-electron chi connectivity index (χ2n) is 3.75. The molecule has 0 atom stereocenters. The Balaban J connectivity index is 2.38. The van der Waals surface area contributed by atoms with E-state index in [1.54, 1.807) is 12.1 Å². The van der Waals surface area contributed by atoms with Crippen molar-refractivity contribution >= 4 is 11.7 Å². The second kappa shape index (κ2) is 4.85. The van der Waals surface area contributed by atoms with Crippen LogP contribution >= 0.6 is 0 Å². The number of carboxylic acids is 1. The van der Waals surface area contributed by atoms with Crippen LogP contribution in [0.1, 0.15) is 15.9 Å². The van der Waals surface area contributed by atoms with Crippen LogP contribution < -0.4 is 4.90 Å². The zero-order chi connectivity index (χ0) is 12.3. The summed E-state index contributed by atoms with van der Waals surface area (Å²) < 4.78 is 5.23. The van der Waals surface area contributed by atoms with Gasteiger partial charge in [0.05, 0.1) is 36.1 Å². The summed E-state index contributed by atoms with van der Waals surface area (Å²) in [7, 11) is 0. The summed E-state index contributed by atoms with van der Waals surface area (Å²) in [6, 6.07) is 6.68. The van der Waals surface area contributed by atoms with Crippen LogP contribution in [0.25, 0.3) is 0 Å². The van der Waals surface area contributed by atoms with Crippen molar-refractivity contribution in [1.29, 1.82) is 5.26 Å². The molecule has 1 aromatic carbocycles. The summed E-state index contributed by atoms with van der Waals surface area (Å²) in [5.41, 5.74) is 1.19. The zero-order valence-electron chi connectivity index (χ0n) is 9.22. The van der Waals surface area contributed by atoms with E-state index >= 15 is 0 Å². The van der Waals surface area contributed by atoms with Crippen molar-refractivity contribution in [3.05, 3.63) is 29.3 Å². The maximum absolute atomic E-state index is 11.2. The molecule has 5 nitrogen and oxygen atoms in total. The van der Waals surface area contributed by atoms with Crippen LogP contribution in [0, 0.1) is 11.3 Å². The average molecular weight is 232 g/mol. The van der Waals surface area contributed by atoms with Gasteiger partial charge in [-0.1, -0.05) is 0 Å². The normalized spacial score (nSPS) is 15.4. The molecule has 2 rings (SSSR count). The molecule has 0 amide bonds. The predicted molar refractivity (Wildman–Crippen MR) is 61.1 cm³/mol. The van der Waals surface area contributed by atoms with Crippen LogP contribution in [0.3, 0.4) is 0 Å². The van der Waals surface area contributed by atoms with Crippen molar-refractivity contribution in [3.63, 3.8) is 0 Å². The number of rotatable bonds is 2. The van der Waals surface area contributed by atoms with Gasteiger partial charge in [0.1, 0.15) is 0 Å². The molecular weight excluding hydrogens is 220 g/mol. The van der Waals surface area contributed by atoms with Gasteiger partial charge in [-0.05, 0) is 18.2 Å². The number of ether oxygens (including phenoxy) is 1. The summed E-state index contributed by atoms with van der Waals surface area (Å²) in [6.07, 6.45) is 0. The monoisotopic (exact) mass is 232 g/mol. The third-order valence-electron chi connectivity index (χ3n) is 2.71. The molecule has 1 aromatic rings. The molecule has 1 aliphatic rings. The van der Waals surface area contributed by atoms with Gasteiger partial charge in [0.2, 0.25) is 0 Å². The number of hydrogen-bond acceptors (Lipinski definition) is 4. The first kappa shape index (κ1) is 11.4. The number of anilines is 1. The predicted octanol–water partition coefficient (Wildman–Crippen LogP) is 1.09. The minimum Gasteiger partial charge on any atom is -0.478 e. The fourth-order valence-electron chi connectivity index (χ4n) is 1.86. The highest BCUT2D eigenvalue weighted by Gasteiger charge is 2.18. The van der Waals surface area contributed by atoms with Crippen LogP contribution in [0.15, 0.2) is 18.2 Å². The SMILES string of the molecule is N#Cc1ccc(N2CCOCC2)c(C(=O)O)c1. The van der Waals surface area contributed by atoms with E-state index in [2.05, 4.69) is 0 Å². The minimum atomic E-state index is -1.01. The molecule has 0 spiro atoms. The highest BCUT2D eigenvalue weighted by Crippen LogP contribution is 2.23. The van der Waals surface area contributed by atoms with Crippen molar-refractivity contribution in [3.8, 4) is 6.07 Å². The minimum absolute atomic E-state index is 0.172. The number of nitrogens with zero attached hydrogens (tertiary/aromatic N) is 2. The fourth-order valence-corrected chi connectivity index (χ4v) is 1.86. The van der Waals surface area contributed by atoms with Crippen LogP contribution in [-0.4, -0.2) is 37.4 Å². The lowest BCUT2D eigenvalue weighted by Gasteiger charge is -2.29. The van der Waals surface area contributed by atoms with Gasteiger partial charge in [-0.3, -0.25) is 0 Å². The van der Waals surface area contributed by atoms with Gasteiger partial charge in [-0.25, -0.2) is 4.79 Å². The third kappa shape index (κ3) is 2.37. The van der Waals surface area contributed by atoms with Crippen molar-refractivity contribution in [2.75, 3.05) is 31.2 Å². The Labute approximate surface area is 98.8 Å². The number of benzene rings is 1. The van der Waals surface area contributed by atoms with Gasteiger partial charge < -0.3 is 14.7 Å². The molecule has 0 saturated carbocycles. The van der Waals surface area contributed by atoms with E-state index < -0.39 is 5.97 Å². The van der Waals surface area contributed by atoms with E-state index in [1.165, 1.54) is 6.07 Å². The Hall–Kier alpha value is -2.06. The average Bonchev–Trinajstić information content (AvgIpc) is 2.39. The molecular formula is C12H12N2O3. The number of carboxylic acid groups (broad SMARTS) is 1. The molecule has 0 radical (unpaired) electrons. The van der Waals surface area contributed by atoms with Crippen LogP contribution in [0.4, 0.5) is 5.69 Å². The molecule has 1 heterocycles. The summed E-state index contributed by atoms with van der Waals surface area (Å²) in [6.45, 7) is 2.54. The highest BCUT2D eigenvalue weighted by atomic mass is 16.5. The first-order valence-electron chi connectivity index (χ1n) is 5.32. The van der Waals surface area contributed by atoms with Crippen LogP contribution in [-0.2, 0) is 4.74 Å². The van der Waals surface area contributed by atoms with E-state index in [0.717, 1.165) is 0 Å². The third-order valence-corrected chi connectivity index (χ3v) is 2.71. The van der Waals surface area contributed by atoms with E-state index in [0.29, 0.717) is 37.6 Å². The maximum atomic E-state index is 11.2. The molecule has 5 heteroatoms. The molecule has 0 aliphatic carbocycles. The lowest BCUT2D eigenvalue weighted by molar-refractivity contribution is 0.0696. The Morgan fingerprint density at radius 3 is 2.71 bits per heavy atom. The van der Waals surface area contributed by atoms with Crippen LogP contribution in [0.2, 0.25) is 0 Å². The Morgan fingerprint density at radius 2 is 2.12 bits per heavy atom. The zero-order valence-corrected chi connectivity index (χ0v) is 9.22. The smallest absolute Gasteiger partial charge is 0.337 e. The number of morpholine rings is 1. The Bertz CT molecular complexity index is 473. The molecule has 0 bridgehead atoms. The van der Waals surface area contributed by atoms with Crippen molar-refractivity contribution in [2.45, 2.75) is 0 Å². The first-order valence-corrected chi connectivity index (χ1v) is 5.32. The number of nitriles is 1. The quantitative estimate of drug-likeness (QED) is 0.826. The standard InChI is InChI=1S/C12H12N2O3/c13-8-9-1-2-11(10(7-9)12(15)16)14-3-5-17-6-4-14/h1-2,7H,3-6H2,(H,15,16). The highest BCUT2D eigenvalue weighted by molar-refractivity contribution is 5.95. The lowest BCUT2D eigenvalue weighted by atomic mass is 10.1. The van der Waals surface area contributed by atoms with Gasteiger partial charge in [0.25, 0.3) is 0 Å². The number of carbonyl (C=O) groups is 1. The molecule has 0 unspecified atom stereocenters. The topological polar surface area (TPSA) is 73.6 Å². The molecule has 1 N–H and O–H groups in total. The van der Waals surface area contributed by atoms with E-state index in [1.807, 2.05) is 11.0 Å². The molecule has 1 saturated heterocycles. The first-order chi connectivity index (χ1) is 8.22. The summed E-state index contributed by atoms with van der Waals surface area (Å²) in [5, 5.41) is 17.9. The molecule has 1 aliphatic heterocycles. The molecule has 17 heavy (non-hydrogen) atoms. The van der Waals surface area contributed by atoms with E-state index in [9.17, 15) is 4.79 Å². The van der Waals surface area contributed by atoms with Gasteiger partial charge in [-0.15, -0.1) is 0 Å². The van der Waals surface area contributed by atoms with Gasteiger partial charge in [-0.2, -0.15) is 5.26 Å². The molecule has 1 fully saturated rings.